The number of rotatable bonds is 0. The Balaban J connectivity index is -0.000000000500. The van der Waals surface area contributed by atoms with Crippen molar-refractivity contribution in [1.82, 2.24) is 0 Å². The van der Waals surface area contributed by atoms with Crippen molar-refractivity contribution in [2.75, 3.05) is 0 Å². The van der Waals surface area contributed by atoms with E-state index in [2.05, 4.69) is 0 Å². The number of halogens is 4. The van der Waals surface area contributed by atoms with E-state index in [9.17, 15) is 0 Å². The fraction of sp³-hybridized carbons (Fsp3) is 0. The zero-order chi connectivity index (χ0) is 2.00. The third kappa shape index (κ3) is 38.8. The summed E-state index contributed by atoms with van der Waals surface area (Å²) < 4.78 is 0. The first-order chi connectivity index (χ1) is 1.00. The first-order valence-electron chi connectivity index (χ1n) is 0.224. The number of hydrogen-bond acceptors (Lipinski definition) is 1. The SMILES string of the molecule is [C-]#N.[I-].[I-].[I-].[I-].[Rb+]. The van der Waals surface area contributed by atoms with Gasteiger partial charge in [0.1, 0.15) is 0 Å². The second kappa shape index (κ2) is 48.8. The minimum absolute atomic E-state index is 0. The molecule has 0 amide bonds. The van der Waals surface area contributed by atoms with Gasteiger partial charge in [0.05, 0.1) is 0 Å². The molecule has 0 saturated carbocycles. The van der Waals surface area contributed by atoms with Gasteiger partial charge in [0.15, 0.2) is 0 Å². The van der Waals surface area contributed by atoms with Crippen LogP contribution in [0.1, 0.15) is 0 Å². The van der Waals surface area contributed by atoms with E-state index in [0.717, 1.165) is 0 Å². The summed E-state index contributed by atoms with van der Waals surface area (Å²) in [5, 5.41) is 6.25. The van der Waals surface area contributed by atoms with Crippen LogP contribution in [0.4, 0.5) is 0 Å². The predicted molar refractivity (Wildman–Crippen MR) is 4.97 cm³/mol. The summed E-state index contributed by atoms with van der Waals surface area (Å²) >= 11 is 0. The minimum atomic E-state index is 0. The maximum absolute atomic E-state index is 6.25. The third-order valence-electron chi connectivity index (χ3n) is 0. The molecule has 1 nitrogen and oxygen atoms in total. The second-order valence-corrected chi connectivity index (χ2v) is 0. The maximum atomic E-state index is 6.25. The fourth-order valence-electron chi connectivity index (χ4n) is 0. The smallest absolute Gasteiger partial charge is 1.00 e. The third-order valence-corrected chi connectivity index (χ3v) is 0. The van der Waals surface area contributed by atoms with Crippen molar-refractivity contribution < 1.29 is 154 Å². The Hall–Kier alpha value is 4.22. The van der Waals surface area contributed by atoms with Gasteiger partial charge in [-0.2, -0.15) is 0 Å². The van der Waals surface area contributed by atoms with Crippen molar-refractivity contribution in [2.45, 2.75) is 0 Å². The van der Waals surface area contributed by atoms with Crippen LogP contribution in [0.25, 0.3) is 0 Å². The van der Waals surface area contributed by atoms with Crippen LogP contribution >= 0.6 is 0 Å². The van der Waals surface area contributed by atoms with Gasteiger partial charge < -0.3 is 108 Å². The molecule has 0 aliphatic rings. The summed E-state index contributed by atoms with van der Waals surface area (Å²) in [6.07, 6.45) is 0. The van der Waals surface area contributed by atoms with Crippen LogP contribution in [0.5, 0.6) is 0 Å². The van der Waals surface area contributed by atoms with E-state index in [4.69, 9.17) is 11.8 Å². The average Bonchev–Trinajstić information content (AvgIpc) is 1.00. The van der Waals surface area contributed by atoms with Gasteiger partial charge in [0.25, 0.3) is 0 Å². The summed E-state index contributed by atoms with van der Waals surface area (Å²) in [6.45, 7) is 4.75. The molecule has 0 fully saturated rings. The van der Waals surface area contributed by atoms with E-state index in [-0.39, 0.29) is 154 Å². The van der Waals surface area contributed by atoms with Crippen LogP contribution in [-0.4, -0.2) is 0 Å². The summed E-state index contributed by atoms with van der Waals surface area (Å²) in [7, 11) is 0. The van der Waals surface area contributed by atoms with Gasteiger partial charge in [-0.05, 0) is 0 Å². The zero-order valence-corrected chi connectivity index (χ0v) is 17.0. The van der Waals surface area contributed by atoms with Crippen molar-refractivity contribution in [2.24, 2.45) is 0 Å². The molecule has 0 bridgehead atoms. The molecule has 0 aromatic carbocycles. The molecular weight excluding hydrogens is 619 g/mol. The van der Waals surface area contributed by atoms with Gasteiger partial charge in [-0.1, -0.05) is 0 Å². The van der Waals surface area contributed by atoms with E-state index in [1.54, 1.807) is 0 Å². The molecule has 0 aliphatic heterocycles. The Bertz CT molecular complexity index is 16.4. The van der Waals surface area contributed by atoms with E-state index >= 15 is 0 Å². The molecule has 0 heterocycles. The van der Waals surface area contributed by atoms with Gasteiger partial charge in [0, 0.05) is 0 Å². The molecule has 0 spiro atoms. The standard InChI is InChI=1S/CN.4HI.Rb/c1-2;;;;;/h;4*1H;/q-1;;;;;+1/p-4. The first kappa shape index (κ1) is 43.0. The molecule has 0 unspecified atom stereocenters. The van der Waals surface area contributed by atoms with Crippen LogP contribution in [-0.2, 0) is 0 Å². The van der Waals surface area contributed by atoms with Crippen LogP contribution in [0.2, 0.25) is 0 Å². The average molecular weight is 619 g/mol. The molecule has 6 heteroatoms. The predicted octanol–water partition coefficient (Wildman–Crippen LogP) is -14.9. The normalized spacial score (nSPS) is 0.286. The fourth-order valence-corrected chi connectivity index (χ4v) is 0. The second-order valence-electron chi connectivity index (χ2n) is 0. The van der Waals surface area contributed by atoms with Crippen LogP contribution in [0.3, 0.4) is 0 Å². The molecule has 0 aliphatic carbocycles. The quantitative estimate of drug-likeness (QED) is 0.196. The van der Waals surface area contributed by atoms with Crippen molar-refractivity contribution in [1.29, 1.82) is 5.26 Å². The van der Waals surface area contributed by atoms with Crippen LogP contribution < -0.4 is 154 Å². The first-order valence-corrected chi connectivity index (χ1v) is 0.224. The Kier molecular flexibility index (Phi) is 300. The zero-order valence-electron chi connectivity index (χ0n) is 3.46. The molecular formula is CI4NRb-4. The molecule has 42 valence electrons. The van der Waals surface area contributed by atoms with Gasteiger partial charge in [-0.25, -0.2) is 0 Å². The Morgan fingerprint density at radius 2 is 0.714 bits per heavy atom. The Morgan fingerprint density at radius 1 is 0.714 bits per heavy atom. The molecule has 7 heavy (non-hydrogen) atoms. The van der Waals surface area contributed by atoms with Crippen molar-refractivity contribution in [3.05, 3.63) is 6.57 Å². The summed E-state index contributed by atoms with van der Waals surface area (Å²) in [4.78, 5) is 0. The molecule has 0 N–H and O–H groups in total. The van der Waals surface area contributed by atoms with Crippen molar-refractivity contribution >= 4 is 0 Å². The van der Waals surface area contributed by atoms with Gasteiger partial charge in [0.2, 0.25) is 0 Å². The molecule has 0 rings (SSSR count). The van der Waals surface area contributed by atoms with Crippen LogP contribution in [0.15, 0.2) is 0 Å². The number of hydrogen-bond donors (Lipinski definition) is 0. The summed E-state index contributed by atoms with van der Waals surface area (Å²) in [6, 6.07) is 0. The topological polar surface area (TPSA) is 23.8 Å². The summed E-state index contributed by atoms with van der Waals surface area (Å²) in [5.41, 5.74) is 0. The van der Waals surface area contributed by atoms with E-state index < -0.39 is 0 Å². The van der Waals surface area contributed by atoms with Gasteiger partial charge in [-0.15, -0.1) is 0 Å². The molecule has 0 saturated heterocycles. The molecule has 0 radical (unpaired) electrons. The van der Waals surface area contributed by atoms with Crippen LogP contribution in [0, 0.1) is 11.8 Å². The Labute approximate surface area is 161 Å². The summed E-state index contributed by atoms with van der Waals surface area (Å²) in [5.74, 6) is 0. The van der Waals surface area contributed by atoms with E-state index in [1.807, 2.05) is 0 Å². The van der Waals surface area contributed by atoms with Crippen molar-refractivity contribution in [3.63, 3.8) is 0 Å². The Morgan fingerprint density at radius 3 is 0.714 bits per heavy atom. The van der Waals surface area contributed by atoms with E-state index in [0.29, 0.717) is 0 Å². The maximum Gasteiger partial charge on any atom is 1.00 e. The van der Waals surface area contributed by atoms with E-state index in [1.165, 1.54) is 0 Å². The van der Waals surface area contributed by atoms with Crippen molar-refractivity contribution in [3.8, 4) is 0 Å². The minimum Gasteiger partial charge on any atom is -1.00 e. The molecule has 0 aromatic heterocycles. The molecule has 0 atom stereocenters. The van der Waals surface area contributed by atoms with Gasteiger partial charge >= 0.3 is 58.2 Å². The monoisotopic (exact) mass is 619 g/mol. The largest absolute Gasteiger partial charge is 1.00 e. The number of nitrogens with zero attached hydrogens (tertiary/aromatic N) is 1. The molecule has 0 aromatic rings. The van der Waals surface area contributed by atoms with Gasteiger partial charge in [-0.3, -0.25) is 0 Å².